The molecule has 1 unspecified atom stereocenters. The highest BCUT2D eigenvalue weighted by molar-refractivity contribution is 7.99. The number of hydrogen-bond donors (Lipinski definition) is 3. The fourth-order valence-electron chi connectivity index (χ4n) is 3.66. The predicted octanol–water partition coefficient (Wildman–Crippen LogP) is 6.49. The highest BCUT2D eigenvalue weighted by atomic mass is 32.2. The van der Waals surface area contributed by atoms with E-state index in [0.717, 1.165) is 43.7 Å². The van der Waals surface area contributed by atoms with Crippen LogP contribution in [-0.4, -0.2) is 41.4 Å². The number of nitrogens with two attached hydrogens (primary N) is 1. The van der Waals surface area contributed by atoms with Gasteiger partial charge in [-0.1, -0.05) is 30.0 Å². The SMILES string of the molecule is COc1cc(S)c(NCN)cc1OC.COc1ccc(OC(C=O)c2ccccc2Sc2ccc(OC)cc2)cc1. The Hall–Kier alpha value is -3.99. The quantitative estimate of drug-likeness (QED) is 0.0965. The van der Waals surface area contributed by atoms with Gasteiger partial charge in [0.05, 0.1) is 40.8 Å². The minimum atomic E-state index is -0.694. The number of hydrogen-bond acceptors (Lipinski definition) is 10. The van der Waals surface area contributed by atoms with E-state index in [1.54, 1.807) is 76.6 Å². The third-order valence-corrected chi connectivity index (χ3v) is 7.22. The van der Waals surface area contributed by atoms with Crippen LogP contribution in [0, 0.1) is 0 Å². The van der Waals surface area contributed by atoms with Crippen LogP contribution in [0.15, 0.2) is 99.6 Å². The number of thiol groups is 1. The van der Waals surface area contributed by atoms with Gasteiger partial charge < -0.3 is 34.7 Å². The second-order valence-electron chi connectivity index (χ2n) is 8.27. The number of anilines is 1. The highest BCUT2D eigenvalue weighted by Crippen LogP contribution is 2.36. The van der Waals surface area contributed by atoms with Crippen LogP contribution in [0.5, 0.6) is 28.7 Å². The summed E-state index contributed by atoms with van der Waals surface area (Å²) in [4.78, 5) is 14.5. The van der Waals surface area contributed by atoms with Crippen molar-refractivity contribution in [2.75, 3.05) is 40.4 Å². The van der Waals surface area contributed by atoms with Crippen LogP contribution >= 0.6 is 24.4 Å². The zero-order chi connectivity index (χ0) is 29.6. The maximum atomic E-state index is 11.7. The Bertz CT molecular complexity index is 1380. The summed E-state index contributed by atoms with van der Waals surface area (Å²) < 4.78 is 26.5. The van der Waals surface area contributed by atoms with Gasteiger partial charge in [-0.3, -0.25) is 4.79 Å². The molecule has 0 saturated carbocycles. The van der Waals surface area contributed by atoms with Crippen molar-refractivity contribution in [3.05, 3.63) is 90.5 Å². The van der Waals surface area contributed by atoms with E-state index in [1.807, 2.05) is 48.5 Å². The summed E-state index contributed by atoms with van der Waals surface area (Å²) in [6, 6.07) is 26.3. The molecule has 216 valence electrons. The number of benzene rings is 4. The van der Waals surface area contributed by atoms with Crippen LogP contribution in [0.1, 0.15) is 11.7 Å². The molecule has 3 N–H and O–H groups in total. The van der Waals surface area contributed by atoms with Crippen molar-refractivity contribution in [1.29, 1.82) is 0 Å². The van der Waals surface area contributed by atoms with Crippen LogP contribution in [0.2, 0.25) is 0 Å². The van der Waals surface area contributed by atoms with Crippen molar-refractivity contribution in [1.82, 2.24) is 0 Å². The van der Waals surface area contributed by atoms with E-state index in [9.17, 15) is 4.79 Å². The summed E-state index contributed by atoms with van der Waals surface area (Å²) in [7, 11) is 6.42. The molecule has 41 heavy (non-hydrogen) atoms. The van der Waals surface area contributed by atoms with Crippen molar-refractivity contribution in [3.8, 4) is 28.7 Å². The molecule has 4 aromatic rings. The van der Waals surface area contributed by atoms with Gasteiger partial charge in [0.2, 0.25) is 0 Å². The molecule has 0 aliphatic heterocycles. The molecule has 8 nitrogen and oxygen atoms in total. The zero-order valence-corrected chi connectivity index (χ0v) is 25.0. The smallest absolute Gasteiger partial charge is 0.180 e. The minimum Gasteiger partial charge on any atom is -0.497 e. The lowest BCUT2D eigenvalue weighted by Gasteiger charge is -2.17. The Kier molecular flexibility index (Phi) is 12.6. The number of ether oxygens (including phenoxy) is 5. The number of nitrogens with one attached hydrogen (secondary N) is 1. The molecular formula is C31H34N2O6S2. The van der Waals surface area contributed by atoms with Gasteiger partial charge in [-0.2, -0.15) is 0 Å². The van der Waals surface area contributed by atoms with Crippen LogP contribution in [0.3, 0.4) is 0 Å². The third kappa shape index (κ3) is 9.01. The largest absolute Gasteiger partial charge is 0.497 e. The van der Waals surface area contributed by atoms with E-state index in [-0.39, 0.29) is 0 Å². The van der Waals surface area contributed by atoms with E-state index < -0.39 is 6.10 Å². The molecule has 4 rings (SSSR count). The van der Waals surface area contributed by atoms with Crippen LogP contribution in [0.25, 0.3) is 0 Å². The average molecular weight is 595 g/mol. The first-order valence-corrected chi connectivity index (χ1v) is 13.8. The van der Waals surface area contributed by atoms with E-state index in [1.165, 1.54) is 0 Å². The zero-order valence-electron chi connectivity index (χ0n) is 23.3. The lowest BCUT2D eigenvalue weighted by molar-refractivity contribution is -0.114. The number of aldehydes is 1. The molecule has 0 saturated heterocycles. The van der Waals surface area contributed by atoms with Gasteiger partial charge in [-0.05, 0) is 60.7 Å². The van der Waals surface area contributed by atoms with Gasteiger partial charge in [0, 0.05) is 26.3 Å². The molecule has 0 aliphatic rings. The molecule has 0 radical (unpaired) electrons. The maximum absolute atomic E-state index is 11.7. The molecule has 0 fully saturated rings. The summed E-state index contributed by atoms with van der Waals surface area (Å²) in [5.74, 6) is 3.46. The lowest BCUT2D eigenvalue weighted by atomic mass is 10.1. The topological polar surface area (TPSA) is 101 Å². The molecular weight excluding hydrogens is 560 g/mol. The third-order valence-electron chi connectivity index (χ3n) is 5.75. The molecule has 0 bridgehead atoms. The van der Waals surface area contributed by atoms with Crippen molar-refractivity contribution < 1.29 is 28.5 Å². The first-order chi connectivity index (χ1) is 20.0. The van der Waals surface area contributed by atoms with Crippen molar-refractivity contribution in [2.45, 2.75) is 20.8 Å². The van der Waals surface area contributed by atoms with Gasteiger partial charge >= 0.3 is 0 Å². The number of methoxy groups -OCH3 is 4. The van der Waals surface area contributed by atoms with Crippen molar-refractivity contribution >= 4 is 36.4 Å². The van der Waals surface area contributed by atoms with Gasteiger partial charge in [-0.25, -0.2) is 0 Å². The second kappa shape index (κ2) is 16.3. The molecule has 0 heterocycles. The van der Waals surface area contributed by atoms with E-state index in [4.69, 9.17) is 29.4 Å². The van der Waals surface area contributed by atoms with Gasteiger partial charge in [0.15, 0.2) is 23.9 Å². The standard InChI is InChI=1S/C22H20O4S.C9H14N2O2S/c1-24-16-7-9-18(10-8-16)26-21(15-23)20-5-3-4-6-22(20)27-19-13-11-17(25-2)12-14-19;1-12-7-3-6(11-5-10)9(14)4-8(7)13-2/h3-15,21H,1-2H3;3-4,11,14H,5,10H2,1-2H3. The molecule has 0 spiro atoms. The summed E-state index contributed by atoms with van der Waals surface area (Å²) in [6.07, 6.45) is 0.123. The number of carbonyl (C=O) groups is 1. The Morgan fingerprint density at radius 2 is 1.37 bits per heavy atom. The first kappa shape index (κ1) is 31.5. The first-order valence-electron chi connectivity index (χ1n) is 12.5. The van der Waals surface area contributed by atoms with Gasteiger partial charge in [0.1, 0.15) is 17.2 Å². The normalized spacial score (nSPS) is 10.9. The summed E-state index contributed by atoms with van der Waals surface area (Å²) in [5, 5.41) is 2.97. The van der Waals surface area contributed by atoms with Crippen LogP contribution < -0.4 is 34.7 Å². The predicted molar refractivity (Wildman–Crippen MR) is 165 cm³/mol. The number of carbonyl (C=O) groups excluding carboxylic acids is 1. The number of rotatable bonds is 12. The Morgan fingerprint density at radius 1 is 0.805 bits per heavy atom. The van der Waals surface area contributed by atoms with Crippen LogP contribution in [-0.2, 0) is 4.79 Å². The van der Waals surface area contributed by atoms with Gasteiger partial charge in [0.25, 0.3) is 0 Å². The van der Waals surface area contributed by atoms with E-state index >= 15 is 0 Å². The fourth-order valence-corrected chi connectivity index (χ4v) is 4.90. The monoisotopic (exact) mass is 594 g/mol. The maximum Gasteiger partial charge on any atom is 0.180 e. The average Bonchev–Trinajstić information content (AvgIpc) is 3.02. The highest BCUT2D eigenvalue weighted by Gasteiger charge is 2.17. The van der Waals surface area contributed by atoms with Crippen LogP contribution in [0.4, 0.5) is 5.69 Å². The Labute approximate surface area is 250 Å². The molecule has 10 heteroatoms. The van der Waals surface area contributed by atoms with Gasteiger partial charge in [-0.15, -0.1) is 12.6 Å². The lowest BCUT2D eigenvalue weighted by Crippen LogP contribution is -2.11. The van der Waals surface area contributed by atoms with Crippen molar-refractivity contribution in [3.63, 3.8) is 0 Å². The molecule has 4 aromatic carbocycles. The Morgan fingerprint density at radius 3 is 1.93 bits per heavy atom. The summed E-state index contributed by atoms with van der Waals surface area (Å²) in [5.41, 5.74) is 7.02. The molecule has 1 atom stereocenters. The summed E-state index contributed by atoms with van der Waals surface area (Å²) in [6.45, 7) is 0.350. The molecule has 0 aromatic heterocycles. The van der Waals surface area contributed by atoms with E-state index in [2.05, 4.69) is 17.9 Å². The fraction of sp³-hybridized carbons (Fsp3) is 0.194. The second-order valence-corrected chi connectivity index (χ2v) is 9.87. The molecule has 0 amide bonds. The Balaban J connectivity index is 0.000000278. The van der Waals surface area contributed by atoms with E-state index in [0.29, 0.717) is 23.9 Å². The van der Waals surface area contributed by atoms with Crippen molar-refractivity contribution in [2.24, 2.45) is 5.73 Å². The molecule has 0 aliphatic carbocycles. The minimum absolute atomic E-state index is 0.350. The summed E-state index contributed by atoms with van der Waals surface area (Å²) >= 11 is 5.87.